The molecule has 0 saturated carbocycles. The molecule has 1 N–H and O–H groups in total. The second kappa shape index (κ2) is 7.37. The molecule has 5 heteroatoms. The predicted octanol–water partition coefficient (Wildman–Crippen LogP) is 3.16. The van der Waals surface area contributed by atoms with E-state index in [1.807, 2.05) is 26.0 Å². The lowest BCUT2D eigenvalue weighted by Crippen LogP contribution is -2.47. The van der Waals surface area contributed by atoms with Crippen molar-refractivity contribution in [1.29, 1.82) is 5.26 Å². The fourth-order valence-electron chi connectivity index (χ4n) is 2.10. The summed E-state index contributed by atoms with van der Waals surface area (Å²) in [5.74, 6) is 1.97. The highest BCUT2D eigenvalue weighted by Crippen LogP contribution is 2.27. The van der Waals surface area contributed by atoms with Gasteiger partial charge in [-0.1, -0.05) is 11.6 Å². The van der Waals surface area contributed by atoms with Gasteiger partial charge in [0, 0.05) is 11.3 Å². The lowest BCUT2D eigenvalue weighted by Gasteiger charge is -2.21. The van der Waals surface area contributed by atoms with E-state index in [2.05, 4.69) is 11.4 Å². The number of nitrogens with zero attached hydrogens (tertiary/aromatic N) is 1. The van der Waals surface area contributed by atoms with Crippen LogP contribution < -0.4 is 10.1 Å². The van der Waals surface area contributed by atoms with Gasteiger partial charge in [0.1, 0.15) is 17.9 Å². The molecule has 0 radical (unpaired) electrons. The van der Waals surface area contributed by atoms with E-state index in [1.54, 1.807) is 30.0 Å². The van der Waals surface area contributed by atoms with Gasteiger partial charge in [0.05, 0.1) is 6.07 Å². The number of amides is 1. The Morgan fingerprint density at radius 1 is 1.55 bits per heavy atom. The van der Waals surface area contributed by atoms with Crippen LogP contribution in [-0.4, -0.2) is 29.6 Å². The van der Waals surface area contributed by atoms with Crippen LogP contribution >= 0.6 is 11.8 Å². The maximum Gasteiger partial charge on any atom is 0.252 e. The molecule has 4 nitrogen and oxygen atoms in total. The van der Waals surface area contributed by atoms with E-state index in [-0.39, 0.29) is 5.91 Å². The van der Waals surface area contributed by atoms with Crippen molar-refractivity contribution < 1.29 is 9.53 Å². The van der Waals surface area contributed by atoms with Gasteiger partial charge in [-0.25, -0.2) is 0 Å². The molecule has 116 valence electrons. The summed E-state index contributed by atoms with van der Waals surface area (Å²) in [4.78, 5) is 12.4. The Morgan fingerprint density at radius 2 is 2.36 bits per heavy atom. The van der Waals surface area contributed by atoms with Crippen LogP contribution in [0.15, 0.2) is 35.9 Å². The SMILES string of the molecule is CC(C)=CCOc1cccc(C(=O)NC2(C#N)CCSC2)c1. The van der Waals surface area contributed by atoms with Crippen LogP contribution in [0, 0.1) is 11.3 Å². The molecule has 1 aromatic rings. The molecule has 1 atom stereocenters. The molecular formula is C17H20N2O2S. The second-order valence-corrected chi connectivity index (χ2v) is 6.68. The molecule has 1 saturated heterocycles. The van der Waals surface area contributed by atoms with Crippen molar-refractivity contribution in [1.82, 2.24) is 5.32 Å². The lowest BCUT2D eigenvalue weighted by atomic mass is 10.0. The van der Waals surface area contributed by atoms with Crippen molar-refractivity contribution in [3.8, 4) is 11.8 Å². The number of nitriles is 1. The van der Waals surface area contributed by atoms with E-state index in [1.165, 1.54) is 5.57 Å². The van der Waals surface area contributed by atoms with Crippen molar-refractivity contribution in [2.24, 2.45) is 0 Å². The highest BCUT2D eigenvalue weighted by Gasteiger charge is 2.36. The largest absolute Gasteiger partial charge is 0.490 e. The third-order valence-corrected chi connectivity index (χ3v) is 4.62. The van der Waals surface area contributed by atoms with Crippen LogP contribution in [-0.2, 0) is 0 Å². The maximum atomic E-state index is 12.4. The first-order valence-corrected chi connectivity index (χ1v) is 8.38. The average molecular weight is 316 g/mol. The number of benzene rings is 1. The van der Waals surface area contributed by atoms with E-state index >= 15 is 0 Å². The number of nitrogens with one attached hydrogen (secondary N) is 1. The standard InChI is InChI=1S/C17H20N2O2S/c1-13(2)6-8-21-15-5-3-4-14(10-15)16(20)19-17(11-18)7-9-22-12-17/h3-6,10H,7-9,12H2,1-2H3,(H,19,20). The first-order valence-electron chi connectivity index (χ1n) is 7.22. The summed E-state index contributed by atoms with van der Waals surface area (Å²) >= 11 is 1.69. The summed E-state index contributed by atoms with van der Waals surface area (Å²) in [5.41, 5.74) is 0.963. The van der Waals surface area contributed by atoms with Crippen molar-refractivity contribution >= 4 is 17.7 Å². The number of thioether (sulfide) groups is 1. The van der Waals surface area contributed by atoms with Crippen LogP contribution in [0.3, 0.4) is 0 Å². The minimum atomic E-state index is -0.735. The number of hydrogen-bond donors (Lipinski definition) is 1. The van der Waals surface area contributed by atoms with Gasteiger partial charge in [0.25, 0.3) is 5.91 Å². The molecule has 0 spiro atoms. The van der Waals surface area contributed by atoms with Crippen LogP contribution in [0.1, 0.15) is 30.6 Å². The van der Waals surface area contributed by atoms with E-state index < -0.39 is 5.54 Å². The smallest absolute Gasteiger partial charge is 0.252 e. The second-order valence-electron chi connectivity index (χ2n) is 5.57. The Kier molecular flexibility index (Phi) is 5.51. The molecule has 1 unspecified atom stereocenters. The Hall–Kier alpha value is -1.93. The number of ether oxygens (including phenoxy) is 1. The maximum absolute atomic E-state index is 12.4. The lowest BCUT2D eigenvalue weighted by molar-refractivity contribution is 0.0925. The molecule has 22 heavy (non-hydrogen) atoms. The molecule has 1 heterocycles. The van der Waals surface area contributed by atoms with Gasteiger partial charge < -0.3 is 10.1 Å². The molecule has 0 aliphatic carbocycles. The number of carbonyl (C=O) groups is 1. The summed E-state index contributed by atoms with van der Waals surface area (Å²) in [6.45, 7) is 4.49. The highest BCUT2D eigenvalue weighted by atomic mass is 32.2. The number of hydrogen-bond acceptors (Lipinski definition) is 4. The van der Waals surface area contributed by atoms with Crippen molar-refractivity contribution in [3.05, 3.63) is 41.5 Å². The highest BCUT2D eigenvalue weighted by molar-refractivity contribution is 7.99. The third-order valence-electron chi connectivity index (χ3n) is 3.43. The summed E-state index contributed by atoms with van der Waals surface area (Å²) in [7, 11) is 0. The summed E-state index contributed by atoms with van der Waals surface area (Å²) in [5, 5.41) is 12.2. The number of allylic oxidation sites excluding steroid dienone is 1. The minimum absolute atomic E-state index is 0.225. The fraction of sp³-hybridized carbons (Fsp3) is 0.412. The summed E-state index contributed by atoms with van der Waals surface area (Å²) in [6, 6.07) is 9.30. The Morgan fingerprint density at radius 3 is 3.00 bits per heavy atom. The third kappa shape index (κ3) is 4.28. The quantitative estimate of drug-likeness (QED) is 0.848. The van der Waals surface area contributed by atoms with Crippen LogP contribution in [0.5, 0.6) is 5.75 Å². The van der Waals surface area contributed by atoms with Gasteiger partial charge in [-0.2, -0.15) is 17.0 Å². The molecule has 1 aromatic carbocycles. The monoisotopic (exact) mass is 316 g/mol. The normalized spacial score (nSPS) is 20.0. The van der Waals surface area contributed by atoms with Crippen molar-refractivity contribution in [2.75, 3.05) is 18.1 Å². The molecule has 1 aliphatic heterocycles. The minimum Gasteiger partial charge on any atom is -0.490 e. The summed E-state index contributed by atoms with van der Waals surface area (Å²) in [6.07, 6.45) is 2.67. The van der Waals surface area contributed by atoms with E-state index in [0.717, 1.165) is 5.75 Å². The van der Waals surface area contributed by atoms with Crippen molar-refractivity contribution in [2.45, 2.75) is 25.8 Å². The Labute approximate surface area is 135 Å². The van der Waals surface area contributed by atoms with Gasteiger partial charge in [-0.15, -0.1) is 0 Å². The molecular weight excluding hydrogens is 296 g/mol. The number of carbonyl (C=O) groups excluding carboxylic acids is 1. The van der Waals surface area contributed by atoms with Crippen LogP contribution in [0.2, 0.25) is 0 Å². The first kappa shape index (κ1) is 16.4. The molecule has 2 rings (SSSR count). The zero-order chi connectivity index (χ0) is 16.0. The van der Waals surface area contributed by atoms with Gasteiger partial charge in [0.2, 0.25) is 0 Å². The van der Waals surface area contributed by atoms with E-state index in [0.29, 0.717) is 30.1 Å². The zero-order valence-electron chi connectivity index (χ0n) is 12.9. The number of rotatable bonds is 5. The predicted molar refractivity (Wildman–Crippen MR) is 89.1 cm³/mol. The summed E-state index contributed by atoms with van der Waals surface area (Å²) < 4.78 is 5.60. The fourth-order valence-corrected chi connectivity index (χ4v) is 3.37. The van der Waals surface area contributed by atoms with Crippen LogP contribution in [0.4, 0.5) is 0 Å². The van der Waals surface area contributed by atoms with E-state index in [4.69, 9.17) is 4.74 Å². The van der Waals surface area contributed by atoms with Gasteiger partial charge in [-0.3, -0.25) is 4.79 Å². The topological polar surface area (TPSA) is 62.1 Å². The molecule has 0 aromatic heterocycles. The van der Waals surface area contributed by atoms with Gasteiger partial charge >= 0.3 is 0 Å². The first-order chi connectivity index (χ1) is 10.5. The average Bonchev–Trinajstić information content (AvgIpc) is 2.96. The Bertz CT molecular complexity index is 609. The molecule has 1 amide bonds. The Balaban J connectivity index is 2.04. The zero-order valence-corrected chi connectivity index (χ0v) is 13.7. The van der Waals surface area contributed by atoms with Gasteiger partial charge in [-0.05, 0) is 50.3 Å². The van der Waals surface area contributed by atoms with E-state index in [9.17, 15) is 10.1 Å². The van der Waals surface area contributed by atoms with Crippen LogP contribution in [0.25, 0.3) is 0 Å². The molecule has 1 fully saturated rings. The van der Waals surface area contributed by atoms with Crippen molar-refractivity contribution in [3.63, 3.8) is 0 Å². The van der Waals surface area contributed by atoms with Gasteiger partial charge in [0.15, 0.2) is 0 Å². The molecule has 1 aliphatic rings. The molecule has 0 bridgehead atoms.